The zero-order chi connectivity index (χ0) is 22.3. The van der Waals surface area contributed by atoms with Gasteiger partial charge in [-0.25, -0.2) is 9.59 Å². The van der Waals surface area contributed by atoms with E-state index in [1.807, 2.05) is 54.1 Å². The van der Waals surface area contributed by atoms with Crippen LogP contribution in [0.25, 0.3) is 11.8 Å². The first-order valence-electron chi connectivity index (χ1n) is 9.08. The summed E-state index contributed by atoms with van der Waals surface area (Å²) in [7, 11) is 0. The normalized spacial score (nSPS) is 10.8. The Labute approximate surface area is 182 Å². The predicted octanol–water partition coefficient (Wildman–Crippen LogP) is 3.15. The summed E-state index contributed by atoms with van der Waals surface area (Å²) in [5, 5.41) is 13.7. The van der Waals surface area contributed by atoms with Crippen molar-refractivity contribution in [2.75, 3.05) is 13.2 Å². The molecule has 0 aliphatic rings. The lowest BCUT2D eigenvalue weighted by Crippen LogP contribution is -2.41. The van der Waals surface area contributed by atoms with E-state index >= 15 is 0 Å². The first-order valence-corrected chi connectivity index (χ1v) is 9.87. The van der Waals surface area contributed by atoms with Gasteiger partial charge in [0.15, 0.2) is 6.61 Å². The summed E-state index contributed by atoms with van der Waals surface area (Å²) in [6, 6.07) is 10.7. The van der Waals surface area contributed by atoms with Crippen LogP contribution in [0, 0.1) is 25.2 Å². The van der Waals surface area contributed by atoms with E-state index in [1.54, 1.807) is 13.0 Å². The molecule has 0 radical (unpaired) electrons. The van der Waals surface area contributed by atoms with Crippen molar-refractivity contribution < 1.29 is 19.1 Å². The van der Waals surface area contributed by atoms with Crippen LogP contribution < -0.4 is 10.6 Å². The monoisotopic (exact) mass is 472 g/mol. The molecule has 0 aliphatic heterocycles. The highest BCUT2D eigenvalue weighted by molar-refractivity contribution is 9.10. The number of imide groups is 1. The minimum Gasteiger partial charge on any atom is -0.451 e. The average Bonchev–Trinajstić information content (AvgIpc) is 2.98. The number of urea groups is 1. The van der Waals surface area contributed by atoms with Crippen molar-refractivity contribution in [3.8, 4) is 11.8 Å². The lowest BCUT2D eigenvalue weighted by atomic mass is 10.1. The van der Waals surface area contributed by atoms with Gasteiger partial charge >= 0.3 is 12.0 Å². The molecule has 30 heavy (non-hydrogen) atoms. The molecule has 0 bridgehead atoms. The fraction of sp³-hybridized carbons (Fsp3) is 0.238. The Morgan fingerprint density at radius 1 is 1.23 bits per heavy atom. The summed E-state index contributed by atoms with van der Waals surface area (Å²) in [5.74, 6) is -1.74. The molecule has 3 amide bonds. The van der Waals surface area contributed by atoms with Gasteiger partial charge in [-0.2, -0.15) is 5.26 Å². The van der Waals surface area contributed by atoms with E-state index in [0.29, 0.717) is 12.1 Å². The number of aryl methyl sites for hydroxylation is 1. The Kier molecular flexibility index (Phi) is 7.95. The van der Waals surface area contributed by atoms with Gasteiger partial charge in [0.1, 0.15) is 11.6 Å². The van der Waals surface area contributed by atoms with E-state index in [1.165, 1.54) is 6.08 Å². The molecule has 1 aromatic heterocycles. The van der Waals surface area contributed by atoms with Crippen molar-refractivity contribution in [1.29, 1.82) is 5.26 Å². The molecule has 0 saturated heterocycles. The summed E-state index contributed by atoms with van der Waals surface area (Å²) < 4.78 is 7.81. The predicted molar refractivity (Wildman–Crippen MR) is 115 cm³/mol. The van der Waals surface area contributed by atoms with Crippen LogP contribution in [0.3, 0.4) is 0 Å². The lowest BCUT2D eigenvalue weighted by Gasteiger charge is -2.09. The second-order valence-electron chi connectivity index (χ2n) is 6.29. The molecule has 1 aromatic carbocycles. The number of halogens is 1. The Balaban J connectivity index is 2.16. The molecule has 2 aromatic rings. The van der Waals surface area contributed by atoms with Crippen molar-refractivity contribution in [2.24, 2.45) is 0 Å². The first kappa shape index (κ1) is 22.9. The van der Waals surface area contributed by atoms with Gasteiger partial charge in [-0.3, -0.25) is 10.1 Å². The SMILES string of the molecule is CCNC(=O)NC(=O)COC(=O)/C(C#N)=C/c1cc(C)n(-c2ccc(Br)cc2)c1C. The zero-order valence-electron chi connectivity index (χ0n) is 16.8. The molecule has 2 rings (SSSR count). The second kappa shape index (κ2) is 10.4. The second-order valence-corrected chi connectivity index (χ2v) is 7.21. The van der Waals surface area contributed by atoms with Gasteiger partial charge in [0.05, 0.1) is 0 Å². The van der Waals surface area contributed by atoms with Crippen molar-refractivity contribution >= 4 is 39.9 Å². The fourth-order valence-electron chi connectivity index (χ4n) is 2.79. The van der Waals surface area contributed by atoms with Crippen molar-refractivity contribution in [2.45, 2.75) is 20.8 Å². The van der Waals surface area contributed by atoms with E-state index in [9.17, 15) is 19.6 Å². The molecule has 8 nitrogen and oxygen atoms in total. The third kappa shape index (κ3) is 5.81. The number of amides is 3. The third-order valence-electron chi connectivity index (χ3n) is 4.12. The average molecular weight is 473 g/mol. The molecule has 0 saturated carbocycles. The molecule has 1 heterocycles. The highest BCUT2D eigenvalue weighted by atomic mass is 79.9. The van der Waals surface area contributed by atoms with Gasteiger partial charge in [-0.1, -0.05) is 15.9 Å². The molecule has 0 unspecified atom stereocenters. The van der Waals surface area contributed by atoms with Gasteiger partial charge in [-0.05, 0) is 62.7 Å². The molecule has 2 N–H and O–H groups in total. The largest absolute Gasteiger partial charge is 0.451 e. The van der Waals surface area contributed by atoms with Crippen LogP contribution >= 0.6 is 15.9 Å². The van der Waals surface area contributed by atoms with Crippen molar-refractivity contribution in [1.82, 2.24) is 15.2 Å². The number of hydrogen-bond donors (Lipinski definition) is 2. The maximum absolute atomic E-state index is 12.2. The summed E-state index contributed by atoms with van der Waals surface area (Å²) >= 11 is 3.41. The Morgan fingerprint density at radius 3 is 2.50 bits per heavy atom. The van der Waals surface area contributed by atoms with Gasteiger partial charge in [0.25, 0.3) is 5.91 Å². The topological polar surface area (TPSA) is 113 Å². The fourth-order valence-corrected chi connectivity index (χ4v) is 3.05. The summed E-state index contributed by atoms with van der Waals surface area (Å²) in [6.07, 6.45) is 1.42. The number of carbonyl (C=O) groups is 3. The highest BCUT2D eigenvalue weighted by Crippen LogP contribution is 2.24. The van der Waals surface area contributed by atoms with Crippen molar-refractivity contribution in [3.63, 3.8) is 0 Å². The minimum absolute atomic E-state index is 0.253. The number of ether oxygens (including phenoxy) is 1. The third-order valence-corrected chi connectivity index (χ3v) is 4.65. The van der Waals surface area contributed by atoms with Gasteiger partial charge in [-0.15, -0.1) is 0 Å². The number of nitrogens with zero attached hydrogens (tertiary/aromatic N) is 2. The van der Waals surface area contributed by atoms with Crippen LogP contribution in [0.15, 0.2) is 40.4 Å². The maximum Gasteiger partial charge on any atom is 0.349 e. The molecule has 156 valence electrons. The van der Waals surface area contributed by atoms with Crippen LogP contribution in [-0.4, -0.2) is 35.6 Å². The summed E-state index contributed by atoms with van der Waals surface area (Å²) in [6.45, 7) is 5.16. The number of carbonyl (C=O) groups excluding carboxylic acids is 3. The molecular weight excluding hydrogens is 452 g/mol. The Bertz CT molecular complexity index is 1030. The number of nitriles is 1. The number of aromatic nitrogens is 1. The summed E-state index contributed by atoms with van der Waals surface area (Å²) in [4.78, 5) is 35.1. The van der Waals surface area contributed by atoms with E-state index in [2.05, 4.69) is 21.2 Å². The van der Waals surface area contributed by atoms with Gasteiger partial charge in [0.2, 0.25) is 0 Å². The smallest absolute Gasteiger partial charge is 0.349 e. The molecule has 0 atom stereocenters. The van der Waals surface area contributed by atoms with Crippen LogP contribution in [-0.2, 0) is 14.3 Å². The minimum atomic E-state index is -0.947. The number of rotatable bonds is 6. The molecule has 0 fully saturated rings. The van der Waals surface area contributed by atoms with E-state index < -0.39 is 24.5 Å². The van der Waals surface area contributed by atoms with Crippen molar-refractivity contribution in [3.05, 3.63) is 57.3 Å². The number of nitrogens with one attached hydrogen (secondary N) is 2. The van der Waals surface area contributed by atoms with Crippen LogP contribution in [0.4, 0.5) is 4.79 Å². The molecular formula is C21H21BrN4O4. The van der Waals surface area contributed by atoms with Crippen LogP contribution in [0.5, 0.6) is 0 Å². The Morgan fingerprint density at radius 2 is 1.90 bits per heavy atom. The number of benzene rings is 1. The van der Waals surface area contributed by atoms with Crippen LogP contribution in [0.2, 0.25) is 0 Å². The molecule has 0 aliphatic carbocycles. The maximum atomic E-state index is 12.2. The van der Waals surface area contributed by atoms with Crippen LogP contribution in [0.1, 0.15) is 23.9 Å². The first-order chi connectivity index (χ1) is 14.3. The van der Waals surface area contributed by atoms with E-state index in [4.69, 9.17) is 4.74 Å². The standard InChI is InChI=1S/C21H21BrN4O4/c1-4-24-21(29)25-19(27)12-30-20(28)16(11-23)10-15-9-13(2)26(14(15)3)18-7-5-17(22)6-8-18/h5-10H,4,12H2,1-3H3,(H2,24,25,27,29)/b16-10+. The van der Waals surface area contributed by atoms with Gasteiger partial charge in [0, 0.05) is 28.1 Å². The summed E-state index contributed by atoms with van der Waals surface area (Å²) in [5.41, 5.74) is 3.13. The molecule has 0 spiro atoms. The highest BCUT2D eigenvalue weighted by Gasteiger charge is 2.17. The van der Waals surface area contributed by atoms with E-state index in [-0.39, 0.29) is 5.57 Å². The van der Waals surface area contributed by atoms with Gasteiger partial charge < -0.3 is 14.6 Å². The zero-order valence-corrected chi connectivity index (χ0v) is 18.4. The molecule has 9 heteroatoms. The number of esters is 1. The Hall–Kier alpha value is -3.38. The lowest BCUT2D eigenvalue weighted by molar-refractivity contribution is -0.144. The van der Waals surface area contributed by atoms with E-state index in [0.717, 1.165) is 21.5 Å². The quantitative estimate of drug-likeness (QED) is 0.380. The number of hydrogen-bond acceptors (Lipinski definition) is 5.